The van der Waals surface area contributed by atoms with E-state index in [1.807, 2.05) is 7.05 Å². The van der Waals surface area contributed by atoms with Crippen molar-refractivity contribution >= 4 is 6.29 Å². The van der Waals surface area contributed by atoms with Gasteiger partial charge in [0.25, 0.3) is 0 Å². The molecule has 0 N–H and O–H groups in total. The molecule has 17 heavy (non-hydrogen) atoms. The minimum atomic E-state index is 0.641. The molecule has 1 aromatic carbocycles. The zero-order valence-corrected chi connectivity index (χ0v) is 10.6. The van der Waals surface area contributed by atoms with E-state index in [2.05, 4.69) is 38.0 Å². The van der Waals surface area contributed by atoms with Crippen LogP contribution in [0, 0.1) is 20.8 Å². The Morgan fingerprint density at radius 1 is 1.18 bits per heavy atom. The minimum absolute atomic E-state index is 0.641. The van der Waals surface area contributed by atoms with E-state index in [1.165, 1.54) is 16.7 Å². The average molecular weight is 228 g/mol. The van der Waals surface area contributed by atoms with E-state index < -0.39 is 0 Å². The third-order valence-electron chi connectivity index (χ3n) is 3.01. The van der Waals surface area contributed by atoms with Gasteiger partial charge in [-0.3, -0.25) is 9.48 Å². The lowest BCUT2D eigenvalue weighted by atomic mass is 9.95. The van der Waals surface area contributed by atoms with Crippen molar-refractivity contribution in [3.8, 4) is 11.3 Å². The summed E-state index contributed by atoms with van der Waals surface area (Å²) in [4.78, 5) is 11.1. The van der Waals surface area contributed by atoms with Gasteiger partial charge in [-0.25, -0.2) is 0 Å². The second-order valence-corrected chi connectivity index (χ2v) is 4.46. The van der Waals surface area contributed by atoms with Gasteiger partial charge in [0.05, 0.1) is 17.5 Å². The molecule has 3 heteroatoms. The van der Waals surface area contributed by atoms with E-state index in [0.29, 0.717) is 5.56 Å². The molecule has 2 aromatic rings. The molecule has 0 saturated heterocycles. The smallest absolute Gasteiger partial charge is 0.153 e. The number of nitrogens with zero attached hydrogens (tertiary/aromatic N) is 2. The minimum Gasteiger partial charge on any atom is -0.298 e. The Kier molecular flexibility index (Phi) is 2.84. The number of rotatable bonds is 2. The lowest BCUT2D eigenvalue weighted by Gasteiger charge is -2.12. The number of carbonyl (C=O) groups excluding carboxylic acids is 1. The zero-order valence-electron chi connectivity index (χ0n) is 10.6. The maximum Gasteiger partial charge on any atom is 0.153 e. The molecule has 0 spiro atoms. The van der Waals surface area contributed by atoms with Gasteiger partial charge in [0.1, 0.15) is 0 Å². The van der Waals surface area contributed by atoms with Gasteiger partial charge >= 0.3 is 0 Å². The number of benzene rings is 1. The van der Waals surface area contributed by atoms with Gasteiger partial charge in [-0.05, 0) is 31.9 Å². The molecule has 0 fully saturated rings. The monoisotopic (exact) mass is 228 g/mol. The molecule has 3 nitrogen and oxygen atoms in total. The summed E-state index contributed by atoms with van der Waals surface area (Å²) in [5.41, 5.74) is 6.23. The van der Waals surface area contributed by atoms with Crippen LogP contribution in [0.1, 0.15) is 27.0 Å². The number of aromatic nitrogens is 2. The first-order chi connectivity index (χ1) is 8.04. The van der Waals surface area contributed by atoms with Crippen molar-refractivity contribution in [3.63, 3.8) is 0 Å². The number of aldehydes is 1. The standard InChI is InChI=1S/C14H16N2O/c1-9-5-10(2)13(11(3)6-9)14-12(8-17)7-15-16(14)4/h5-8H,1-4H3. The van der Waals surface area contributed by atoms with Crippen LogP contribution in [-0.4, -0.2) is 16.1 Å². The maximum absolute atomic E-state index is 11.1. The van der Waals surface area contributed by atoms with Gasteiger partial charge in [0, 0.05) is 12.6 Å². The highest BCUT2D eigenvalue weighted by Crippen LogP contribution is 2.29. The molecular formula is C14H16N2O. The van der Waals surface area contributed by atoms with Crippen LogP contribution in [0.25, 0.3) is 11.3 Å². The maximum atomic E-state index is 11.1. The molecule has 0 aliphatic carbocycles. The summed E-state index contributed by atoms with van der Waals surface area (Å²) in [7, 11) is 1.86. The van der Waals surface area contributed by atoms with Crippen molar-refractivity contribution in [3.05, 3.63) is 40.6 Å². The van der Waals surface area contributed by atoms with E-state index in [4.69, 9.17) is 0 Å². The first-order valence-electron chi connectivity index (χ1n) is 5.60. The Labute approximate surface area is 101 Å². The summed E-state index contributed by atoms with van der Waals surface area (Å²) in [6, 6.07) is 4.26. The second kappa shape index (κ2) is 4.17. The van der Waals surface area contributed by atoms with Crippen molar-refractivity contribution in [2.75, 3.05) is 0 Å². The summed E-state index contributed by atoms with van der Waals surface area (Å²) in [5.74, 6) is 0. The molecule has 0 amide bonds. The molecule has 0 atom stereocenters. The Morgan fingerprint density at radius 2 is 1.76 bits per heavy atom. The summed E-state index contributed by atoms with van der Waals surface area (Å²) in [6.45, 7) is 6.21. The second-order valence-electron chi connectivity index (χ2n) is 4.46. The lowest BCUT2D eigenvalue weighted by Crippen LogP contribution is -1.99. The Hall–Kier alpha value is -1.90. The van der Waals surface area contributed by atoms with Crippen molar-refractivity contribution in [1.29, 1.82) is 0 Å². The van der Waals surface area contributed by atoms with Crippen LogP contribution in [0.4, 0.5) is 0 Å². The van der Waals surface area contributed by atoms with E-state index in [-0.39, 0.29) is 0 Å². The van der Waals surface area contributed by atoms with Gasteiger partial charge in [0.2, 0.25) is 0 Å². The predicted molar refractivity (Wildman–Crippen MR) is 68.2 cm³/mol. The molecule has 0 aliphatic rings. The topological polar surface area (TPSA) is 34.9 Å². The highest BCUT2D eigenvalue weighted by atomic mass is 16.1. The molecule has 1 aromatic heterocycles. The van der Waals surface area contributed by atoms with Gasteiger partial charge in [-0.15, -0.1) is 0 Å². The summed E-state index contributed by atoms with van der Waals surface area (Å²) < 4.78 is 1.76. The molecule has 0 unspecified atom stereocenters. The Bertz CT molecular complexity index is 559. The quantitative estimate of drug-likeness (QED) is 0.741. The molecule has 0 aliphatic heterocycles. The molecule has 0 bridgehead atoms. The number of hydrogen-bond donors (Lipinski definition) is 0. The van der Waals surface area contributed by atoms with Gasteiger partial charge < -0.3 is 0 Å². The van der Waals surface area contributed by atoms with Gasteiger partial charge in [-0.1, -0.05) is 17.7 Å². The molecule has 2 rings (SSSR count). The third-order valence-corrected chi connectivity index (χ3v) is 3.01. The first kappa shape index (κ1) is 11.6. The molecule has 0 radical (unpaired) electrons. The molecule has 1 heterocycles. The summed E-state index contributed by atoms with van der Waals surface area (Å²) in [5, 5.41) is 4.15. The Morgan fingerprint density at radius 3 is 2.29 bits per heavy atom. The summed E-state index contributed by atoms with van der Waals surface area (Å²) >= 11 is 0. The van der Waals surface area contributed by atoms with Crippen molar-refractivity contribution in [2.24, 2.45) is 7.05 Å². The normalized spacial score (nSPS) is 10.6. The highest BCUT2D eigenvalue weighted by Gasteiger charge is 2.14. The largest absolute Gasteiger partial charge is 0.298 e. The van der Waals surface area contributed by atoms with Crippen molar-refractivity contribution in [1.82, 2.24) is 9.78 Å². The number of carbonyl (C=O) groups is 1. The average Bonchev–Trinajstić information content (AvgIpc) is 2.59. The van der Waals surface area contributed by atoms with Crippen molar-refractivity contribution < 1.29 is 4.79 Å². The Balaban J connectivity index is 2.76. The molecule has 88 valence electrons. The predicted octanol–water partition coefficient (Wildman–Crippen LogP) is 2.82. The lowest BCUT2D eigenvalue weighted by molar-refractivity contribution is 0.112. The fourth-order valence-corrected chi connectivity index (χ4v) is 2.40. The SMILES string of the molecule is Cc1cc(C)c(-c2c(C=O)cnn2C)c(C)c1. The van der Waals surface area contributed by atoms with Crippen LogP contribution in [0.2, 0.25) is 0 Å². The zero-order chi connectivity index (χ0) is 12.6. The van der Waals surface area contributed by atoms with Crippen LogP contribution in [0.3, 0.4) is 0 Å². The van der Waals surface area contributed by atoms with Gasteiger partial charge in [0.15, 0.2) is 6.29 Å². The van der Waals surface area contributed by atoms with Crippen LogP contribution < -0.4 is 0 Å². The first-order valence-corrected chi connectivity index (χ1v) is 5.60. The fraction of sp³-hybridized carbons (Fsp3) is 0.286. The fourth-order valence-electron chi connectivity index (χ4n) is 2.40. The van der Waals surface area contributed by atoms with Crippen molar-refractivity contribution in [2.45, 2.75) is 20.8 Å². The van der Waals surface area contributed by atoms with E-state index >= 15 is 0 Å². The van der Waals surface area contributed by atoms with Crippen LogP contribution >= 0.6 is 0 Å². The van der Waals surface area contributed by atoms with E-state index in [9.17, 15) is 4.79 Å². The van der Waals surface area contributed by atoms with Crippen LogP contribution in [0.5, 0.6) is 0 Å². The number of aryl methyl sites for hydroxylation is 4. The summed E-state index contributed by atoms with van der Waals surface area (Å²) in [6.07, 6.45) is 2.47. The number of hydrogen-bond acceptors (Lipinski definition) is 2. The van der Waals surface area contributed by atoms with E-state index in [1.54, 1.807) is 10.9 Å². The molecular weight excluding hydrogens is 212 g/mol. The van der Waals surface area contributed by atoms with Crippen LogP contribution in [0.15, 0.2) is 18.3 Å². The third kappa shape index (κ3) is 1.88. The van der Waals surface area contributed by atoms with E-state index in [0.717, 1.165) is 17.5 Å². The highest BCUT2D eigenvalue weighted by molar-refractivity contribution is 5.87. The van der Waals surface area contributed by atoms with Crippen LogP contribution in [-0.2, 0) is 7.05 Å². The van der Waals surface area contributed by atoms with Gasteiger partial charge in [-0.2, -0.15) is 5.10 Å². The molecule has 0 saturated carbocycles.